The largest absolute Gasteiger partial charge is 0.478 e. The Balaban J connectivity index is 1.76. The van der Waals surface area contributed by atoms with Gasteiger partial charge in [0.15, 0.2) is 0 Å². The standard InChI is InChI=1S/C15H17FO3S/c16-13-4-3-11(15(17)18)7-14(13)20(19)8-12-6-9-1-2-10(12)5-9/h3-4,7,9-10,12H,1-2,5-6,8H2,(H,17,18). The molecule has 4 unspecified atom stereocenters. The lowest BCUT2D eigenvalue weighted by atomic mass is 9.90. The van der Waals surface area contributed by atoms with Crippen LogP contribution in [0.3, 0.4) is 0 Å². The van der Waals surface area contributed by atoms with Gasteiger partial charge in [0.1, 0.15) is 5.82 Å². The molecule has 2 aliphatic rings. The van der Waals surface area contributed by atoms with Crippen LogP contribution in [0.1, 0.15) is 36.0 Å². The van der Waals surface area contributed by atoms with Gasteiger partial charge in [-0.25, -0.2) is 9.18 Å². The Morgan fingerprint density at radius 2 is 2.15 bits per heavy atom. The summed E-state index contributed by atoms with van der Waals surface area (Å²) in [6.07, 6.45) is 4.79. The molecule has 4 atom stereocenters. The van der Waals surface area contributed by atoms with E-state index in [0.717, 1.165) is 18.4 Å². The predicted molar refractivity (Wildman–Crippen MR) is 73.6 cm³/mol. The summed E-state index contributed by atoms with van der Waals surface area (Å²) in [5.41, 5.74) is -0.0114. The van der Waals surface area contributed by atoms with E-state index in [1.54, 1.807) is 0 Å². The van der Waals surface area contributed by atoms with Crippen LogP contribution in [0, 0.1) is 23.6 Å². The van der Waals surface area contributed by atoms with E-state index in [2.05, 4.69) is 0 Å². The second-order valence-corrected chi connectivity index (χ2v) is 7.36. The van der Waals surface area contributed by atoms with Crippen molar-refractivity contribution in [3.8, 4) is 0 Å². The van der Waals surface area contributed by atoms with Crippen LogP contribution < -0.4 is 0 Å². The van der Waals surface area contributed by atoms with Gasteiger partial charge in [0, 0.05) is 5.75 Å². The number of fused-ring (bicyclic) bond motifs is 2. The van der Waals surface area contributed by atoms with Crippen molar-refractivity contribution in [2.45, 2.75) is 30.6 Å². The van der Waals surface area contributed by atoms with E-state index in [9.17, 15) is 13.4 Å². The minimum Gasteiger partial charge on any atom is -0.478 e. The monoisotopic (exact) mass is 296 g/mol. The van der Waals surface area contributed by atoms with Crippen molar-refractivity contribution in [2.24, 2.45) is 17.8 Å². The van der Waals surface area contributed by atoms with E-state index >= 15 is 0 Å². The highest BCUT2D eigenvalue weighted by atomic mass is 32.2. The average molecular weight is 296 g/mol. The number of hydrogen-bond donors (Lipinski definition) is 1. The molecule has 0 radical (unpaired) electrons. The van der Waals surface area contributed by atoms with E-state index in [4.69, 9.17) is 5.11 Å². The van der Waals surface area contributed by atoms with Crippen molar-refractivity contribution in [1.82, 2.24) is 0 Å². The quantitative estimate of drug-likeness (QED) is 0.929. The lowest BCUT2D eigenvalue weighted by Gasteiger charge is -2.21. The topological polar surface area (TPSA) is 54.4 Å². The fourth-order valence-corrected chi connectivity index (χ4v) is 5.20. The number of halogens is 1. The third kappa shape index (κ3) is 2.51. The van der Waals surface area contributed by atoms with Crippen LogP contribution in [0.4, 0.5) is 4.39 Å². The van der Waals surface area contributed by atoms with E-state index in [1.807, 2.05) is 0 Å². The number of aromatic carboxylic acids is 1. The Kier molecular flexibility index (Phi) is 3.63. The van der Waals surface area contributed by atoms with Gasteiger partial charge in [-0.1, -0.05) is 6.42 Å². The molecule has 0 aliphatic heterocycles. The van der Waals surface area contributed by atoms with Crippen LogP contribution in [0.15, 0.2) is 23.1 Å². The summed E-state index contributed by atoms with van der Waals surface area (Å²) < 4.78 is 26.1. The Hall–Kier alpha value is -1.23. The number of hydrogen-bond acceptors (Lipinski definition) is 2. The molecular formula is C15H17FO3S. The highest BCUT2D eigenvalue weighted by Gasteiger charge is 2.40. The molecule has 2 aliphatic carbocycles. The van der Waals surface area contributed by atoms with Gasteiger partial charge in [-0.15, -0.1) is 0 Å². The molecule has 2 fully saturated rings. The van der Waals surface area contributed by atoms with Crippen LogP contribution in [0.5, 0.6) is 0 Å². The smallest absolute Gasteiger partial charge is 0.335 e. The van der Waals surface area contributed by atoms with Crippen molar-refractivity contribution in [2.75, 3.05) is 5.75 Å². The summed E-state index contributed by atoms with van der Waals surface area (Å²) in [4.78, 5) is 10.9. The number of carbonyl (C=O) groups is 1. The van der Waals surface area contributed by atoms with Gasteiger partial charge in [-0.3, -0.25) is 4.21 Å². The number of carboxylic acid groups (broad SMARTS) is 1. The van der Waals surface area contributed by atoms with Crippen molar-refractivity contribution in [3.63, 3.8) is 0 Å². The molecule has 3 rings (SSSR count). The predicted octanol–water partition coefficient (Wildman–Crippen LogP) is 3.07. The molecule has 0 aromatic heterocycles. The van der Waals surface area contributed by atoms with Gasteiger partial charge in [-0.2, -0.15) is 0 Å². The van der Waals surface area contributed by atoms with Crippen molar-refractivity contribution < 1.29 is 18.5 Å². The highest BCUT2D eigenvalue weighted by Crippen LogP contribution is 2.48. The Morgan fingerprint density at radius 1 is 1.35 bits per heavy atom. The lowest BCUT2D eigenvalue weighted by molar-refractivity contribution is 0.0696. The van der Waals surface area contributed by atoms with Crippen LogP contribution in [0.2, 0.25) is 0 Å². The second kappa shape index (κ2) is 5.28. The maximum atomic E-state index is 13.8. The average Bonchev–Trinajstić information content (AvgIpc) is 3.01. The first kappa shape index (κ1) is 13.7. The molecule has 5 heteroatoms. The number of carboxylic acids is 1. The molecule has 108 valence electrons. The molecule has 2 saturated carbocycles. The van der Waals surface area contributed by atoms with Crippen molar-refractivity contribution >= 4 is 16.8 Å². The summed E-state index contributed by atoms with van der Waals surface area (Å²) in [6, 6.07) is 3.51. The summed E-state index contributed by atoms with van der Waals surface area (Å²) in [5.74, 6) is 0.565. The van der Waals surface area contributed by atoms with Gasteiger partial charge >= 0.3 is 5.97 Å². The molecule has 0 spiro atoms. The minimum absolute atomic E-state index is 0.0114. The van der Waals surface area contributed by atoms with E-state index < -0.39 is 22.6 Å². The van der Waals surface area contributed by atoms with Gasteiger partial charge in [0.2, 0.25) is 0 Å². The second-order valence-electron chi connectivity index (χ2n) is 5.90. The molecular weight excluding hydrogens is 279 g/mol. The van der Waals surface area contributed by atoms with Crippen LogP contribution in [-0.2, 0) is 10.8 Å². The van der Waals surface area contributed by atoms with Crippen molar-refractivity contribution in [1.29, 1.82) is 0 Å². The first-order valence-electron chi connectivity index (χ1n) is 6.96. The molecule has 2 bridgehead atoms. The summed E-state index contributed by atoms with van der Waals surface area (Å²) in [5, 5.41) is 8.93. The van der Waals surface area contributed by atoms with Crippen LogP contribution in [-0.4, -0.2) is 21.0 Å². The summed E-state index contributed by atoms with van der Waals surface area (Å²) in [6.45, 7) is 0. The molecule has 20 heavy (non-hydrogen) atoms. The van der Waals surface area contributed by atoms with Gasteiger partial charge < -0.3 is 5.11 Å². The van der Waals surface area contributed by atoms with E-state index in [1.165, 1.54) is 31.4 Å². The molecule has 0 amide bonds. The van der Waals surface area contributed by atoms with E-state index in [0.29, 0.717) is 17.6 Å². The summed E-state index contributed by atoms with van der Waals surface area (Å²) >= 11 is 0. The normalized spacial score (nSPS) is 29.6. The lowest BCUT2D eigenvalue weighted by Crippen LogP contribution is -2.18. The number of rotatable bonds is 4. The van der Waals surface area contributed by atoms with Gasteiger partial charge in [-0.05, 0) is 55.2 Å². The molecule has 0 saturated heterocycles. The molecule has 3 nitrogen and oxygen atoms in total. The SMILES string of the molecule is O=C(O)c1ccc(F)c(S(=O)CC2CC3CCC2C3)c1. The molecule has 0 heterocycles. The van der Waals surface area contributed by atoms with Crippen LogP contribution >= 0.6 is 0 Å². The highest BCUT2D eigenvalue weighted by molar-refractivity contribution is 7.85. The third-order valence-electron chi connectivity index (χ3n) is 4.67. The van der Waals surface area contributed by atoms with Gasteiger partial charge in [0.05, 0.1) is 21.3 Å². The summed E-state index contributed by atoms with van der Waals surface area (Å²) in [7, 11) is -1.45. The van der Waals surface area contributed by atoms with Gasteiger partial charge in [0.25, 0.3) is 0 Å². The number of benzene rings is 1. The van der Waals surface area contributed by atoms with Crippen LogP contribution in [0.25, 0.3) is 0 Å². The molecule has 1 aromatic rings. The maximum Gasteiger partial charge on any atom is 0.335 e. The maximum absolute atomic E-state index is 13.8. The molecule has 1 N–H and O–H groups in total. The zero-order chi connectivity index (χ0) is 14.3. The van der Waals surface area contributed by atoms with E-state index in [-0.39, 0.29) is 10.5 Å². The Labute approximate surface area is 119 Å². The third-order valence-corrected chi connectivity index (χ3v) is 6.21. The first-order valence-corrected chi connectivity index (χ1v) is 8.27. The molecule has 1 aromatic carbocycles. The zero-order valence-corrected chi connectivity index (χ0v) is 11.9. The Bertz CT molecular complexity index is 572. The Morgan fingerprint density at radius 3 is 2.75 bits per heavy atom. The fourth-order valence-electron chi connectivity index (χ4n) is 3.68. The zero-order valence-electron chi connectivity index (χ0n) is 11.0. The van der Waals surface area contributed by atoms with Crippen molar-refractivity contribution in [3.05, 3.63) is 29.6 Å². The first-order chi connectivity index (χ1) is 9.54. The minimum atomic E-state index is -1.45. The fraction of sp³-hybridized carbons (Fsp3) is 0.533.